The Morgan fingerprint density at radius 1 is 1.57 bits per heavy atom. The number of halogens is 4. The summed E-state index contributed by atoms with van der Waals surface area (Å²) < 4.78 is -1.27. The molecule has 1 atom stereocenters. The van der Waals surface area contributed by atoms with Gasteiger partial charge in [0.1, 0.15) is 0 Å². The Hall–Kier alpha value is 1.50. The fraction of sp³-hybridized carbons (Fsp3) is 1.00. The molecule has 1 nitrogen and oxygen atoms in total. The summed E-state index contributed by atoms with van der Waals surface area (Å²) in [5.41, 5.74) is 0. The Morgan fingerprint density at radius 3 is 1.71 bits per heavy atom. The maximum atomic E-state index is 8.49. The Bertz CT molecular complexity index is 59.2. The Balaban J connectivity index is 3.54. The van der Waals surface area contributed by atoms with E-state index in [4.69, 9.17) is 28.3 Å². The number of hydrogen-bond donors (Lipinski definition) is 1. The van der Waals surface area contributed by atoms with Crippen LogP contribution in [0.1, 0.15) is 0 Å². The van der Waals surface area contributed by atoms with E-state index in [1.165, 1.54) is 0 Å². The molecule has 0 fully saturated rings. The van der Waals surface area contributed by atoms with E-state index < -0.39 is 8.26 Å². The van der Waals surface area contributed by atoms with Gasteiger partial charge < -0.3 is 5.11 Å². The van der Waals surface area contributed by atoms with Gasteiger partial charge in [0.2, 0.25) is 3.24 Å². The van der Waals surface area contributed by atoms with Gasteiger partial charge >= 0.3 is 0 Å². The summed E-state index contributed by atoms with van der Waals surface area (Å²) in [7, 11) is 0. The molecule has 0 aliphatic carbocycles. The topological polar surface area (TPSA) is 20.2 Å². The molecule has 0 aliphatic heterocycles. The number of aliphatic hydroxyl groups is 1. The van der Waals surface area contributed by atoms with Crippen molar-refractivity contribution in [1.29, 1.82) is 0 Å². The minimum Gasteiger partial charge on any atom is -0.378 e. The first-order valence-corrected chi connectivity index (χ1v) is 3.80. The second kappa shape index (κ2) is 2.87. The first-order valence-electron chi connectivity index (χ1n) is 1.33. The molecule has 1 unspecified atom stereocenters. The Labute approximate surface area is 68.2 Å². The van der Waals surface area contributed by atoms with Crippen LogP contribution in [0, 0.1) is 0 Å². The molecule has 0 saturated heterocycles. The van der Waals surface area contributed by atoms with Crippen LogP contribution in [0.25, 0.3) is 0 Å². The van der Waals surface area contributed by atoms with Crippen LogP contribution in [0.4, 0.5) is 0 Å². The van der Waals surface area contributed by atoms with Gasteiger partial charge in [0.25, 0.3) is 0 Å². The summed E-state index contributed by atoms with van der Waals surface area (Å²) in [6, 6.07) is 0. The molecule has 5 heteroatoms. The summed E-state index contributed by atoms with van der Waals surface area (Å²) in [4.78, 5) is 0. The van der Waals surface area contributed by atoms with Gasteiger partial charge in [-0.15, -0.1) is 0 Å². The second-order valence-electron chi connectivity index (χ2n) is 0.877. The van der Waals surface area contributed by atoms with Gasteiger partial charge in [-0.25, -0.2) is 0 Å². The molecule has 0 aromatic rings. The highest BCUT2D eigenvalue weighted by Crippen LogP contribution is 2.34. The molecular weight excluding hydrogens is 271 g/mol. The lowest BCUT2D eigenvalue weighted by Gasteiger charge is -2.11. The third-order valence-corrected chi connectivity index (χ3v) is 2.95. The van der Waals surface area contributed by atoms with Crippen molar-refractivity contribution in [2.24, 2.45) is 0 Å². The summed E-state index contributed by atoms with van der Waals surface area (Å²) >= 11 is 16.0. The third kappa shape index (κ3) is 4.03. The summed E-state index contributed by atoms with van der Waals surface area (Å²) in [6.45, 7) is 0. The van der Waals surface area contributed by atoms with Crippen LogP contribution < -0.4 is 0 Å². The fourth-order valence-corrected chi connectivity index (χ4v) is 0. The van der Waals surface area contributed by atoms with Gasteiger partial charge in [-0.05, 0) is 15.9 Å². The van der Waals surface area contributed by atoms with E-state index >= 15 is 0 Å². The molecule has 0 aliphatic rings. The molecule has 0 aromatic heterocycles. The van der Waals surface area contributed by atoms with Gasteiger partial charge in [0.15, 0.2) is 5.01 Å². The van der Waals surface area contributed by atoms with E-state index in [1.807, 2.05) is 0 Å². The minimum absolute atomic E-state index is 0.941. The van der Waals surface area contributed by atoms with E-state index in [-0.39, 0.29) is 0 Å². The Kier molecular flexibility index (Phi) is 3.49. The highest BCUT2D eigenvalue weighted by Gasteiger charge is 2.26. The molecule has 7 heavy (non-hydrogen) atoms. The molecule has 0 rings (SSSR count). The minimum atomic E-state index is -1.27. The summed E-state index contributed by atoms with van der Waals surface area (Å²) in [6.07, 6.45) is 0. The van der Waals surface area contributed by atoms with Crippen molar-refractivity contribution in [3.63, 3.8) is 0 Å². The normalized spacial score (nSPS) is 16.7. The van der Waals surface area contributed by atoms with E-state index in [1.54, 1.807) is 0 Å². The monoisotopic (exact) mass is 270 g/mol. The predicted molar refractivity (Wildman–Crippen MR) is 38.3 cm³/mol. The van der Waals surface area contributed by atoms with Crippen LogP contribution in [-0.4, -0.2) is 13.4 Å². The number of alkyl halides is 4. The molecular formula is C2H2Br2Cl2O. The quantitative estimate of drug-likeness (QED) is 0.726. The third-order valence-electron chi connectivity index (χ3n) is 0.270. The average Bonchev–Trinajstić information content (AvgIpc) is 1.31. The largest absolute Gasteiger partial charge is 0.378 e. The van der Waals surface area contributed by atoms with E-state index in [0.29, 0.717) is 0 Å². The van der Waals surface area contributed by atoms with Crippen LogP contribution in [0.3, 0.4) is 0 Å². The number of hydrogen-bond acceptors (Lipinski definition) is 1. The molecule has 44 valence electrons. The first kappa shape index (κ1) is 8.50. The van der Waals surface area contributed by atoms with Crippen molar-refractivity contribution in [3.8, 4) is 0 Å². The lowest BCUT2D eigenvalue weighted by Crippen LogP contribution is -2.16. The highest BCUT2D eigenvalue weighted by molar-refractivity contribution is 9.13. The van der Waals surface area contributed by atoms with Crippen molar-refractivity contribution in [2.45, 2.75) is 8.26 Å². The second-order valence-corrected chi connectivity index (χ2v) is 5.29. The Morgan fingerprint density at radius 2 is 1.71 bits per heavy atom. The molecule has 0 bridgehead atoms. The first-order chi connectivity index (χ1) is 2.94. The fourth-order valence-electron chi connectivity index (χ4n) is 0. The van der Waals surface area contributed by atoms with Crippen LogP contribution in [0.2, 0.25) is 0 Å². The molecule has 0 spiro atoms. The summed E-state index contributed by atoms with van der Waals surface area (Å²) in [5.74, 6) is 0. The van der Waals surface area contributed by atoms with E-state index in [9.17, 15) is 0 Å². The standard InChI is InChI=1S/C2H2Br2Cl2O/c3-1(7)2(4,5)6/h1,7H. The molecule has 1 N–H and O–H groups in total. The van der Waals surface area contributed by atoms with Gasteiger partial charge in [0.05, 0.1) is 0 Å². The zero-order chi connectivity index (χ0) is 6.08. The molecule has 0 amide bonds. The van der Waals surface area contributed by atoms with Crippen LogP contribution in [0.15, 0.2) is 0 Å². The molecule has 0 heterocycles. The predicted octanol–water partition coefficient (Wildman–Crippen LogP) is 2.23. The zero-order valence-electron chi connectivity index (χ0n) is 3.04. The number of rotatable bonds is 1. The van der Waals surface area contributed by atoms with E-state index in [2.05, 4.69) is 31.9 Å². The number of aliphatic hydroxyl groups excluding tert-OH is 1. The molecule has 0 radical (unpaired) electrons. The maximum absolute atomic E-state index is 8.49. The lowest BCUT2D eigenvalue weighted by molar-refractivity contribution is 0.278. The van der Waals surface area contributed by atoms with Gasteiger partial charge in [-0.1, -0.05) is 39.1 Å². The van der Waals surface area contributed by atoms with Crippen molar-refractivity contribution in [1.82, 2.24) is 0 Å². The SMILES string of the molecule is OC(Br)C(Cl)(Cl)Br. The van der Waals surface area contributed by atoms with Crippen molar-refractivity contribution < 1.29 is 5.11 Å². The van der Waals surface area contributed by atoms with Gasteiger partial charge in [-0.3, -0.25) is 0 Å². The van der Waals surface area contributed by atoms with Crippen molar-refractivity contribution in [3.05, 3.63) is 0 Å². The van der Waals surface area contributed by atoms with Crippen LogP contribution in [0.5, 0.6) is 0 Å². The smallest absolute Gasteiger partial charge is 0.207 e. The summed E-state index contributed by atoms with van der Waals surface area (Å²) in [5, 5.41) is 7.55. The van der Waals surface area contributed by atoms with Crippen molar-refractivity contribution in [2.75, 3.05) is 0 Å². The molecule has 0 saturated carbocycles. The van der Waals surface area contributed by atoms with Crippen LogP contribution >= 0.6 is 55.1 Å². The maximum Gasteiger partial charge on any atom is 0.207 e. The van der Waals surface area contributed by atoms with Gasteiger partial charge in [-0.2, -0.15) is 0 Å². The van der Waals surface area contributed by atoms with Crippen LogP contribution in [-0.2, 0) is 0 Å². The molecule has 0 aromatic carbocycles. The van der Waals surface area contributed by atoms with E-state index in [0.717, 1.165) is 0 Å². The average molecular weight is 273 g/mol. The van der Waals surface area contributed by atoms with Crippen molar-refractivity contribution >= 4 is 55.1 Å². The van der Waals surface area contributed by atoms with Gasteiger partial charge in [0, 0.05) is 0 Å². The zero-order valence-corrected chi connectivity index (χ0v) is 7.72. The lowest BCUT2D eigenvalue weighted by atomic mass is 10.9. The highest BCUT2D eigenvalue weighted by atomic mass is 79.9.